The van der Waals surface area contributed by atoms with E-state index in [1.165, 1.54) is 6.20 Å². The van der Waals surface area contributed by atoms with Crippen molar-refractivity contribution in [2.24, 2.45) is 5.73 Å². The Labute approximate surface area is 117 Å². The van der Waals surface area contributed by atoms with Gasteiger partial charge in [-0.1, -0.05) is 0 Å². The third-order valence-electron chi connectivity index (χ3n) is 2.96. The zero-order valence-corrected chi connectivity index (χ0v) is 11.3. The SMILES string of the molecule is CCN(Cc1ccncc1)c1ncc(N)cc1C(N)=O. The molecule has 0 radical (unpaired) electrons. The number of carbonyl (C=O) groups excluding carboxylic acids is 1. The predicted octanol–water partition coefficient (Wildman–Crippen LogP) is 1.18. The van der Waals surface area contributed by atoms with Gasteiger partial charge < -0.3 is 16.4 Å². The summed E-state index contributed by atoms with van der Waals surface area (Å²) in [5, 5.41) is 0. The smallest absolute Gasteiger partial charge is 0.252 e. The van der Waals surface area contributed by atoms with Gasteiger partial charge in [0.05, 0.1) is 17.4 Å². The number of hydrogen-bond acceptors (Lipinski definition) is 5. The summed E-state index contributed by atoms with van der Waals surface area (Å²) in [6, 6.07) is 5.40. The van der Waals surface area contributed by atoms with Crippen LogP contribution in [0, 0.1) is 0 Å². The van der Waals surface area contributed by atoms with Crippen molar-refractivity contribution in [3.05, 3.63) is 47.9 Å². The van der Waals surface area contributed by atoms with Crippen molar-refractivity contribution in [2.45, 2.75) is 13.5 Å². The molecule has 6 heteroatoms. The fraction of sp³-hybridized carbons (Fsp3) is 0.214. The lowest BCUT2D eigenvalue weighted by Gasteiger charge is -2.23. The summed E-state index contributed by atoms with van der Waals surface area (Å²) < 4.78 is 0. The average Bonchev–Trinajstić information content (AvgIpc) is 2.46. The monoisotopic (exact) mass is 271 g/mol. The Hall–Kier alpha value is -2.63. The van der Waals surface area contributed by atoms with Crippen LogP contribution in [0.1, 0.15) is 22.8 Å². The molecule has 0 saturated heterocycles. The van der Waals surface area contributed by atoms with Crippen molar-refractivity contribution in [3.63, 3.8) is 0 Å². The van der Waals surface area contributed by atoms with Crippen LogP contribution in [0.15, 0.2) is 36.8 Å². The minimum Gasteiger partial charge on any atom is -0.397 e. The standard InChI is InChI=1S/C14H17N5O/c1-2-19(9-10-3-5-17-6-4-10)14-12(13(16)20)7-11(15)8-18-14/h3-8H,2,9,15H2,1H3,(H2,16,20). The van der Waals surface area contributed by atoms with Crippen LogP contribution in [0.2, 0.25) is 0 Å². The lowest BCUT2D eigenvalue weighted by Crippen LogP contribution is -2.27. The molecule has 4 N–H and O–H groups in total. The van der Waals surface area contributed by atoms with E-state index in [9.17, 15) is 4.79 Å². The van der Waals surface area contributed by atoms with Crippen LogP contribution in [-0.2, 0) is 6.54 Å². The first-order valence-corrected chi connectivity index (χ1v) is 6.31. The molecule has 2 heterocycles. The largest absolute Gasteiger partial charge is 0.397 e. The van der Waals surface area contributed by atoms with Gasteiger partial charge >= 0.3 is 0 Å². The van der Waals surface area contributed by atoms with E-state index in [1.54, 1.807) is 18.5 Å². The molecule has 2 rings (SSSR count). The molecule has 2 aromatic heterocycles. The number of nitrogens with zero attached hydrogens (tertiary/aromatic N) is 3. The predicted molar refractivity (Wildman–Crippen MR) is 78.1 cm³/mol. The molecule has 0 aliphatic rings. The summed E-state index contributed by atoms with van der Waals surface area (Å²) in [5.41, 5.74) is 12.9. The Morgan fingerprint density at radius 1 is 1.35 bits per heavy atom. The fourth-order valence-corrected chi connectivity index (χ4v) is 1.95. The minimum atomic E-state index is -0.534. The molecule has 0 aliphatic carbocycles. The third-order valence-corrected chi connectivity index (χ3v) is 2.96. The molecule has 0 fully saturated rings. The average molecular weight is 271 g/mol. The van der Waals surface area contributed by atoms with Crippen LogP contribution in [-0.4, -0.2) is 22.4 Å². The number of rotatable bonds is 5. The van der Waals surface area contributed by atoms with Gasteiger partial charge in [0.15, 0.2) is 0 Å². The molecule has 2 aromatic rings. The maximum absolute atomic E-state index is 11.5. The summed E-state index contributed by atoms with van der Waals surface area (Å²) in [5.74, 6) is 0.0130. The highest BCUT2D eigenvalue weighted by atomic mass is 16.1. The van der Waals surface area contributed by atoms with E-state index in [0.29, 0.717) is 30.2 Å². The van der Waals surface area contributed by atoms with E-state index in [0.717, 1.165) is 5.56 Å². The third kappa shape index (κ3) is 3.03. The first kappa shape index (κ1) is 13.8. The maximum atomic E-state index is 11.5. The van der Waals surface area contributed by atoms with Crippen LogP contribution in [0.4, 0.5) is 11.5 Å². The second kappa shape index (κ2) is 6.01. The summed E-state index contributed by atoms with van der Waals surface area (Å²) in [7, 11) is 0. The van der Waals surface area contributed by atoms with Gasteiger partial charge in [-0.25, -0.2) is 4.98 Å². The van der Waals surface area contributed by atoms with Gasteiger partial charge in [0, 0.05) is 25.5 Å². The molecule has 0 bridgehead atoms. The zero-order valence-electron chi connectivity index (χ0n) is 11.3. The van der Waals surface area contributed by atoms with Crippen molar-refractivity contribution in [1.82, 2.24) is 9.97 Å². The van der Waals surface area contributed by atoms with Gasteiger partial charge in [-0.2, -0.15) is 0 Å². The highest BCUT2D eigenvalue weighted by Gasteiger charge is 2.16. The lowest BCUT2D eigenvalue weighted by molar-refractivity contribution is 0.100. The molecular weight excluding hydrogens is 254 g/mol. The summed E-state index contributed by atoms with van der Waals surface area (Å²) in [4.78, 5) is 21.7. The van der Waals surface area contributed by atoms with Crippen LogP contribution in [0.5, 0.6) is 0 Å². The number of pyridine rings is 2. The Morgan fingerprint density at radius 3 is 2.65 bits per heavy atom. The van der Waals surface area contributed by atoms with E-state index in [-0.39, 0.29) is 0 Å². The second-order valence-electron chi connectivity index (χ2n) is 4.37. The highest BCUT2D eigenvalue weighted by Crippen LogP contribution is 2.21. The van der Waals surface area contributed by atoms with Crippen LogP contribution in [0.3, 0.4) is 0 Å². The van der Waals surface area contributed by atoms with Crippen LogP contribution in [0.25, 0.3) is 0 Å². The molecular formula is C14H17N5O. The molecule has 0 spiro atoms. The fourth-order valence-electron chi connectivity index (χ4n) is 1.95. The highest BCUT2D eigenvalue weighted by molar-refractivity contribution is 5.98. The molecule has 6 nitrogen and oxygen atoms in total. The molecule has 0 unspecified atom stereocenters. The van der Waals surface area contributed by atoms with E-state index in [1.807, 2.05) is 24.0 Å². The number of nitrogen functional groups attached to an aromatic ring is 1. The van der Waals surface area contributed by atoms with Crippen molar-refractivity contribution in [1.29, 1.82) is 0 Å². The summed E-state index contributed by atoms with van der Waals surface area (Å²) >= 11 is 0. The van der Waals surface area contributed by atoms with Gasteiger partial charge in [0.1, 0.15) is 5.82 Å². The number of hydrogen-bond donors (Lipinski definition) is 2. The van der Waals surface area contributed by atoms with E-state index < -0.39 is 5.91 Å². The van der Waals surface area contributed by atoms with Gasteiger partial charge in [-0.15, -0.1) is 0 Å². The van der Waals surface area contributed by atoms with Crippen molar-refractivity contribution in [2.75, 3.05) is 17.2 Å². The molecule has 0 aromatic carbocycles. The van der Waals surface area contributed by atoms with E-state index >= 15 is 0 Å². The zero-order chi connectivity index (χ0) is 14.5. The van der Waals surface area contributed by atoms with Crippen molar-refractivity contribution in [3.8, 4) is 0 Å². The van der Waals surface area contributed by atoms with E-state index in [2.05, 4.69) is 9.97 Å². The number of nitrogens with two attached hydrogens (primary N) is 2. The number of anilines is 2. The minimum absolute atomic E-state index is 0.334. The second-order valence-corrected chi connectivity index (χ2v) is 4.37. The quantitative estimate of drug-likeness (QED) is 0.851. The molecule has 0 saturated carbocycles. The van der Waals surface area contributed by atoms with Crippen LogP contribution < -0.4 is 16.4 Å². The van der Waals surface area contributed by atoms with Crippen molar-refractivity contribution < 1.29 is 4.79 Å². The summed E-state index contributed by atoms with van der Waals surface area (Å²) in [6.07, 6.45) is 4.99. The molecule has 20 heavy (non-hydrogen) atoms. The van der Waals surface area contributed by atoms with Gasteiger partial charge in [0.2, 0.25) is 0 Å². The normalized spacial score (nSPS) is 10.2. The van der Waals surface area contributed by atoms with E-state index in [4.69, 9.17) is 11.5 Å². The number of aromatic nitrogens is 2. The Kier molecular flexibility index (Phi) is 4.14. The van der Waals surface area contributed by atoms with Crippen molar-refractivity contribution >= 4 is 17.4 Å². The van der Waals surface area contributed by atoms with Crippen LogP contribution >= 0.6 is 0 Å². The molecule has 0 atom stereocenters. The lowest BCUT2D eigenvalue weighted by atomic mass is 10.2. The molecule has 1 amide bonds. The van der Waals surface area contributed by atoms with Gasteiger partial charge in [0.25, 0.3) is 5.91 Å². The maximum Gasteiger partial charge on any atom is 0.252 e. The van der Waals surface area contributed by atoms with Gasteiger partial charge in [-0.3, -0.25) is 9.78 Å². The topological polar surface area (TPSA) is 98.1 Å². The number of primary amides is 1. The first-order chi connectivity index (χ1) is 9.61. The Bertz CT molecular complexity index is 600. The molecule has 0 aliphatic heterocycles. The molecule has 104 valence electrons. The first-order valence-electron chi connectivity index (χ1n) is 6.31. The Balaban J connectivity index is 2.34. The Morgan fingerprint density at radius 2 is 2.05 bits per heavy atom. The van der Waals surface area contributed by atoms with Gasteiger partial charge in [-0.05, 0) is 30.7 Å². The summed E-state index contributed by atoms with van der Waals surface area (Å²) in [6.45, 7) is 3.31. The number of amides is 1. The number of carbonyl (C=O) groups is 1.